The van der Waals surface area contributed by atoms with E-state index in [-0.39, 0.29) is 34.5 Å². The zero-order valence-electron chi connectivity index (χ0n) is 19.2. The van der Waals surface area contributed by atoms with Crippen molar-refractivity contribution in [3.05, 3.63) is 11.6 Å². The van der Waals surface area contributed by atoms with Crippen LogP contribution in [0.3, 0.4) is 0 Å². The van der Waals surface area contributed by atoms with Crippen LogP contribution in [0, 0.1) is 34.5 Å². The van der Waals surface area contributed by atoms with Crippen molar-refractivity contribution < 1.29 is 19.1 Å². The number of carbonyl (C=O) groups excluding carboxylic acids is 2. The van der Waals surface area contributed by atoms with Crippen LogP contribution < -0.4 is 0 Å². The number of rotatable bonds is 2. The van der Waals surface area contributed by atoms with E-state index in [4.69, 9.17) is 9.47 Å². The van der Waals surface area contributed by atoms with E-state index in [1.807, 2.05) is 0 Å². The lowest BCUT2D eigenvalue weighted by atomic mass is 9.46. The molecule has 0 radical (unpaired) electrons. The summed E-state index contributed by atoms with van der Waals surface area (Å²) in [7, 11) is 0. The van der Waals surface area contributed by atoms with Gasteiger partial charge in [0.25, 0.3) is 0 Å². The molecule has 166 valence electrons. The molecule has 0 unspecified atom stereocenters. The average Bonchev–Trinajstić information content (AvgIpc) is 3.21. The lowest BCUT2D eigenvalue weighted by Gasteiger charge is -2.59. The molecule has 0 aromatic rings. The number of hydrogen-bond donors (Lipinski definition) is 0. The molecule has 0 aromatic carbocycles. The summed E-state index contributed by atoms with van der Waals surface area (Å²) in [5, 5.41) is 0. The van der Waals surface area contributed by atoms with Gasteiger partial charge in [0.1, 0.15) is 11.7 Å². The molecule has 4 heteroatoms. The molecule has 1 aliphatic heterocycles. The molecule has 0 N–H and O–H groups in total. The maximum absolute atomic E-state index is 11.9. The van der Waals surface area contributed by atoms with Crippen LogP contribution in [0.4, 0.5) is 0 Å². The first-order valence-electron chi connectivity index (χ1n) is 12.2. The molecule has 0 bridgehead atoms. The van der Waals surface area contributed by atoms with Crippen LogP contribution in [-0.2, 0) is 19.1 Å². The second-order valence-electron chi connectivity index (χ2n) is 11.7. The van der Waals surface area contributed by atoms with Crippen molar-refractivity contribution in [2.24, 2.45) is 34.5 Å². The van der Waals surface area contributed by atoms with Crippen molar-refractivity contribution in [2.45, 2.75) is 104 Å². The highest BCUT2D eigenvalue weighted by atomic mass is 16.6. The summed E-state index contributed by atoms with van der Waals surface area (Å²) >= 11 is 0. The number of cyclic esters (lactones) is 1. The van der Waals surface area contributed by atoms with Crippen molar-refractivity contribution in [1.29, 1.82) is 0 Å². The first-order chi connectivity index (χ1) is 14.2. The summed E-state index contributed by atoms with van der Waals surface area (Å²) in [4.78, 5) is 23.4. The number of allylic oxidation sites excluding steroid dienone is 1. The molecule has 0 amide bonds. The molecule has 3 saturated carbocycles. The molecule has 5 aliphatic rings. The van der Waals surface area contributed by atoms with Gasteiger partial charge in [0.05, 0.1) is 0 Å². The summed E-state index contributed by atoms with van der Waals surface area (Å²) in [6.07, 6.45) is 13.3. The largest absolute Gasteiger partial charge is 0.462 e. The average molecular weight is 415 g/mol. The van der Waals surface area contributed by atoms with Gasteiger partial charge in [-0.25, -0.2) is 0 Å². The molecule has 4 nitrogen and oxygen atoms in total. The quantitative estimate of drug-likeness (QED) is 0.436. The Morgan fingerprint density at radius 2 is 1.87 bits per heavy atom. The van der Waals surface area contributed by atoms with Crippen molar-refractivity contribution in [3.63, 3.8) is 0 Å². The summed E-state index contributed by atoms with van der Waals surface area (Å²) in [6.45, 7) is 8.75. The molecule has 5 rings (SSSR count). The molecular formula is C26H38O4. The Morgan fingerprint density at radius 1 is 1.07 bits per heavy atom. The van der Waals surface area contributed by atoms with Crippen molar-refractivity contribution in [3.8, 4) is 0 Å². The number of carbonyl (C=O) groups is 2. The van der Waals surface area contributed by atoms with Gasteiger partial charge in [-0.3, -0.25) is 9.59 Å². The van der Waals surface area contributed by atoms with Crippen molar-refractivity contribution >= 4 is 11.9 Å². The third kappa shape index (κ3) is 2.92. The van der Waals surface area contributed by atoms with Crippen LogP contribution in [-0.4, -0.2) is 23.6 Å². The minimum absolute atomic E-state index is 0.000489. The van der Waals surface area contributed by atoms with Crippen LogP contribution in [0.2, 0.25) is 0 Å². The van der Waals surface area contributed by atoms with Crippen LogP contribution in [0.1, 0.15) is 91.9 Å². The SMILES string of the molecule is CC(=O)O[C@H]1CC[C@@]2(C)C(=CC[C@H]3[C@H]2CC[C@@]2(C)[C@H]3CC[C@@H]2[C@@]2(C)CCC(=O)O2)C1. The van der Waals surface area contributed by atoms with Gasteiger partial charge < -0.3 is 9.47 Å². The summed E-state index contributed by atoms with van der Waals surface area (Å²) in [5.74, 6) is 2.57. The first kappa shape index (κ1) is 20.6. The zero-order valence-corrected chi connectivity index (χ0v) is 19.2. The second-order valence-corrected chi connectivity index (χ2v) is 11.7. The van der Waals surface area contributed by atoms with Crippen molar-refractivity contribution in [2.75, 3.05) is 0 Å². The van der Waals surface area contributed by atoms with Crippen LogP contribution >= 0.6 is 0 Å². The van der Waals surface area contributed by atoms with E-state index in [2.05, 4.69) is 26.8 Å². The number of fused-ring (bicyclic) bond motifs is 5. The highest BCUT2D eigenvalue weighted by Crippen LogP contribution is 2.68. The van der Waals surface area contributed by atoms with Gasteiger partial charge in [-0.2, -0.15) is 0 Å². The molecule has 4 fully saturated rings. The Bertz CT molecular complexity index is 786. The molecule has 0 aromatic heterocycles. The van der Waals surface area contributed by atoms with Gasteiger partial charge in [-0.15, -0.1) is 0 Å². The number of esters is 2. The monoisotopic (exact) mass is 414 g/mol. The van der Waals surface area contributed by atoms with Crippen LogP contribution in [0.25, 0.3) is 0 Å². The van der Waals surface area contributed by atoms with E-state index in [9.17, 15) is 9.59 Å². The summed E-state index contributed by atoms with van der Waals surface area (Å²) < 4.78 is 11.5. The fourth-order valence-electron chi connectivity index (χ4n) is 8.92. The molecule has 1 saturated heterocycles. The van der Waals surface area contributed by atoms with Crippen LogP contribution in [0.15, 0.2) is 11.6 Å². The normalized spacial score (nSPS) is 50.1. The van der Waals surface area contributed by atoms with Gasteiger partial charge in [-0.05, 0) is 86.9 Å². The third-order valence-electron chi connectivity index (χ3n) is 10.3. The predicted molar refractivity (Wildman–Crippen MR) is 114 cm³/mol. The van der Waals surface area contributed by atoms with Gasteiger partial charge in [0.2, 0.25) is 0 Å². The van der Waals surface area contributed by atoms with Gasteiger partial charge >= 0.3 is 11.9 Å². The summed E-state index contributed by atoms with van der Waals surface area (Å²) in [6, 6.07) is 0. The third-order valence-corrected chi connectivity index (χ3v) is 10.3. The minimum Gasteiger partial charge on any atom is -0.462 e. The van der Waals surface area contributed by atoms with E-state index in [1.54, 1.807) is 5.57 Å². The number of ether oxygens (including phenoxy) is 2. The Labute approximate surface area is 181 Å². The number of hydrogen-bond acceptors (Lipinski definition) is 4. The first-order valence-corrected chi connectivity index (χ1v) is 12.2. The van der Waals surface area contributed by atoms with Gasteiger partial charge in [0, 0.05) is 25.7 Å². The van der Waals surface area contributed by atoms with E-state index < -0.39 is 0 Å². The molecular weight excluding hydrogens is 376 g/mol. The Kier molecular flexibility index (Phi) is 4.69. The molecule has 8 atom stereocenters. The molecule has 0 spiro atoms. The van der Waals surface area contributed by atoms with Gasteiger partial charge in [-0.1, -0.05) is 25.5 Å². The van der Waals surface area contributed by atoms with E-state index in [0.717, 1.165) is 43.4 Å². The zero-order chi connectivity index (χ0) is 21.3. The Balaban J connectivity index is 1.39. The highest BCUT2D eigenvalue weighted by molar-refractivity contribution is 5.72. The second kappa shape index (κ2) is 6.84. The summed E-state index contributed by atoms with van der Waals surface area (Å²) in [5.41, 5.74) is 1.85. The maximum atomic E-state index is 11.9. The lowest BCUT2D eigenvalue weighted by Crippen LogP contribution is -2.53. The van der Waals surface area contributed by atoms with Crippen LogP contribution in [0.5, 0.6) is 0 Å². The van der Waals surface area contributed by atoms with E-state index in [1.165, 1.54) is 39.0 Å². The van der Waals surface area contributed by atoms with Gasteiger partial charge in [0.15, 0.2) is 0 Å². The molecule has 1 heterocycles. The molecule has 30 heavy (non-hydrogen) atoms. The van der Waals surface area contributed by atoms with E-state index in [0.29, 0.717) is 12.3 Å². The highest BCUT2D eigenvalue weighted by Gasteiger charge is 2.63. The fraction of sp³-hybridized carbons (Fsp3) is 0.846. The predicted octanol–water partition coefficient (Wildman–Crippen LogP) is 5.59. The lowest BCUT2D eigenvalue weighted by molar-refractivity contribution is -0.159. The van der Waals surface area contributed by atoms with E-state index >= 15 is 0 Å². The standard InChI is InChI=1S/C26H38O4/c1-16(27)29-18-9-12-24(2)17(15-18)5-6-19-20-7-8-22(25(20,3)13-10-21(19)24)26(4)14-11-23(28)30-26/h5,18-22H,6-15H2,1-4H3/t18-,19+,20-,21+,22-,24-,25-,26+/m0/s1. The molecule has 4 aliphatic carbocycles. The smallest absolute Gasteiger partial charge is 0.306 e. The van der Waals surface area contributed by atoms with Crippen molar-refractivity contribution in [1.82, 2.24) is 0 Å². The Hall–Kier alpha value is -1.32. The topological polar surface area (TPSA) is 52.6 Å². The fourth-order valence-corrected chi connectivity index (χ4v) is 8.92. The Morgan fingerprint density at radius 3 is 2.57 bits per heavy atom. The maximum Gasteiger partial charge on any atom is 0.306 e. The minimum atomic E-state index is -0.255.